The first kappa shape index (κ1) is 28.2. The van der Waals surface area contributed by atoms with Gasteiger partial charge in [-0.25, -0.2) is 4.79 Å². The molecule has 14 nitrogen and oxygen atoms in total. The lowest BCUT2D eigenvalue weighted by molar-refractivity contribution is -0.144. The van der Waals surface area contributed by atoms with Crippen molar-refractivity contribution in [2.24, 2.45) is 5.73 Å². The maximum atomic E-state index is 12.5. The first-order chi connectivity index (χ1) is 14.2. The van der Waals surface area contributed by atoms with E-state index in [0.29, 0.717) is 0 Å². The number of nitrogens with two attached hydrogens (primary N) is 1. The van der Waals surface area contributed by atoms with E-state index >= 15 is 0 Å². The van der Waals surface area contributed by atoms with Gasteiger partial charge in [0.1, 0.15) is 24.2 Å². The number of carboxylic acid groups (broad SMARTS) is 2. The Labute approximate surface area is 177 Å². The van der Waals surface area contributed by atoms with Crippen LogP contribution in [0.5, 0.6) is 0 Å². The fraction of sp³-hybridized carbons (Fsp3) is 0.706. The Morgan fingerprint density at radius 3 is 1.52 bits per heavy atom. The second-order valence-corrected chi connectivity index (χ2v) is 7.05. The summed E-state index contributed by atoms with van der Waals surface area (Å²) in [5.74, 6) is -6.00. The van der Waals surface area contributed by atoms with Crippen molar-refractivity contribution < 1.29 is 49.5 Å². The lowest BCUT2D eigenvalue weighted by Gasteiger charge is -2.27. The number of carbonyl (C=O) groups is 5. The Kier molecular flexibility index (Phi) is 11.6. The first-order valence-corrected chi connectivity index (χ1v) is 9.34. The SMILES string of the molecule is CC(O)C(N)C(=O)NC(C(=O)NC(C(=O)NC(CCC(=O)O)C(=O)O)C(C)O)C(C)O. The van der Waals surface area contributed by atoms with Crippen LogP contribution in [0.1, 0.15) is 33.6 Å². The molecule has 0 spiro atoms. The number of aliphatic hydroxyl groups is 3. The van der Waals surface area contributed by atoms with Gasteiger partial charge in [-0.1, -0.05) is 0 Å². The average Bonchev–Trinajstić information content (AvgIpc) is 2.64. The lowest BCUT2D eigenvalue weighted by atomic mass is 10.1. The molecule has 0 aliphatic carbocycles. The molecule has 0 heterocycles. The second-order valence-electron chi connectivity index (χ2n) is 7.05. The van der Waals surface area contributed by atoms with Crippen LogP contribution in [-0.2, 0) is 24.0 Å². The highest BCUT2D eigenvalue weighted by molar-refractivity contribution is 5.94. The van der Waals surface area contributed by atoms with Gasteiger partial charge in [-0.2, -0.15) is 0 Å². The van der Waals surface area contributed by atoms with E-state index in [-0.39, 0.29) is 0 Å². The van der Waals surface area contributed by atoms with Gasteiger partial charge >= 0.3 is 11.9 Å². The van der Waals surface area contributed by atoms with E-state index in [1.165, 1.54) is 6.92 Å². The van der Waals surface area contributed by atoms with Crippen molar-refractivity contribution in [3.63, 3.8) is 0 Å². The second kappa shape index (κ2) is 12.8. The van der Waals surface area contributed by atoms with E-state index in [1.54, 1.807) is 0 Å². The maximum Gasteiger partial charge on any atom is 0.326 e. The molecule has 0 bridgehead atoms. The van der Waals surface area contributed by atoms with E-state index in [1.807, 2.05) is 5.32 Å². The number of carboxylic acids is 2. The van der Waals surface area contributed by atoms with Crippen molar-refractivity contribution in [1.29, 1.82) is 0 Å². The van der Waals surface area contributed by atoms with Gasteiger partial charge in [0, 0.05) is 6.42 Å². The number of hydrogen-bond acceptors (Lipinski definition) is 9. The van der Waals surface area contributed by atoms with Crippen molar-refractivity contribution in [3.05, 3.63) is 0 Å². The zero-order valence-electron chi connectivity index (χ0n) is 17.3. The molecule has 0 aromatic carbocycles. The average molecular weight is 450 g/mol. The molecule has 0 rings (SSSR count). The topological polar surface area (TPSA) is 249 Å². The minimum absolute atomic E-state index is 0.444. The zero-order chi connectivity index (χ0) is 24.5. The minimum atomic E-state index is -1.69. The molecule has 0 aliphatic heterocycles. The van der Waals surface area contributed by atoms with Crippen LogP contribution in [0.4, 0.5) is 0 Å². The molecule has 31 heavy (non-hydrogen) atoms. The van der Waals surface area contributed by atoms with E-state index in [0.717, 1.165) is 13.8 Å². The fourth-order valence-electron chi connectivity index (χ4n) is 2.31. The van der Waals surface area contributed by atoms with Crippen LogP contribution in [0, 0.1) is 0 Å². The van der Waals surface area contributed by atoms with Gasteiger partial charge in [-0.05, 0) is 27.2 Å². The highest BCUT2D eigenvalue weighted by Crippen LogP contribution is 2.03. The van der Waals surface area contributed by atoms with Crippen LogP contribution in [-0.4, -0.2) is 97.7 Å². The number of aliphatic carboxylic acids is 2. The summed E-state index contributed by atoms with van der Waals surface area (Å²) in [7, 11) is 0. The molecule has 0 aromatic rings. The van der Waals surface area contributed by atoms with Gasteiger partial charge in [-0.15, -0.1) is 0 Å². The van der Waals surface area contributed by atoms with Gasteiger partial charge in [0.15, 0.2) is 0 Å². The Morgan fingerprint density at radius 1 is 0.742 bits per heavy atom. The van der Waals surface area contributed by atoms with Crippen molar-refractivity contribution >= 4 is 29.7 Å². The first-order valence-electron chi connectivity index (χ1n) is 9.34. The molecule has 14 heteroatoms. The molecule has 0 saturated carbocycles. The molecule has 7 unspecified atom stereocenters. The van der Waals surface area contributed by atoms with E-state index < -0.39 is 85.0 Å². The van der Waals surface area contributed by atoms with Gasteiger partial charge in [0.25, 0.3) is 0 Å². The third kappa shape index (κ3) is 9.69. The molecule has 0 aliphatic rings. The molecule has 0 fully saturated rings. The number of nitrogens with one attached hydrogen (secondary N) is 3. The summed E-state index contributed by atoms with van der Waals surface area (Å²) >= 11 is 0. The quantitative estimate of drug-likeness (QED) is 0.130. The number of carbonyl (C=O) groups excluding carboxylic acids is 3. The van der Waals surface area contributed by atoms with Crippen LogP contribution in [0.15, 0.2) is 0 Å². The molecule has 178 valence electrons. The normalized spacial score (nSPS) is 17.8. The highest BCUT2D eigenvalue weighted by Gasteiger charge is 2.34. The van der Waals surface area contributed by atoms with Gasteiger partial charge in [0.05, 0.1) is 18.3 Å². The van der Waals surface area contributed by atoms with Crippen molar-refractivity contribution in [1.82, 2.24) is 16.0 Å². The molecular formula is C17H30N4O10. The summed E-state index contributed by atoms with van der Waals surface area (Å²) < 4.78 is 0. The summed E-state index contributed by atoms with van der Waals surface area (Å²) in [6.07, 6.45) is -5.25. The maximum absolute atomic E-state index is 12.5. The molecule has 0 aromatic heterocycles. The minimum Gasteiger partial charge on any atom is -0.481 e. The Morgan fingerprint density at radius 2 is 1.16 bits per heavy atom. The standard InChI is InChI=1S/C17H30N4O10/c1-6(22)11(18)14(27)20-13(8(3)24)16(29)21-12(7(2)23)15(28)19-9(17(30)31)4-5-10(25)26/h6-9,11-13,22-24H,4-5,18H2,1-3H3,(H,19,28)(H,20,27)(H,21,29)(H,25,26)(H,30,31). The Balaban J connectivity index is 5.36. The predicted molar refractivity (Wildman–Crippen MR) is 103 cm³/mol. The van der Waals surface area contributed by atoms with Crippen LogP contribution >= 0.6 is 0 Å². The molecule has 7 atom stereocenters. The molecule has 3 amide bonds. The van der Waals surface area contributed by atoms with Crippen LogP contribution in [0.25, 0.3) is 0 Å². The Hall–Kier alpha value is -2.81. The van der Waals surface area contributed by atoms with Crippen LogP contribution in [0.2, 0.25) is 0 Å². The molecule has 0 radical (unpaired) electrons. The van der Waals surface area contributed by atoms with Crippen LogP contribution in [0.3, 0.4) is 0 Å². The lowest BCUT2D eigenvalue weighted by Crippen LogP contribution is -2.62. The van der Waals surface area contributed by atoms with E-state index in [9.17, 15) is 39.3 Å². The molecular weight excluding hydrogens is 420 g/mol. The fourth-order valence-corrected chi connectivity index (χ4v) is 2.31. The Bertz CT molecular complexity index is 667. The van der Waals surface area contributed by atoms with Gasteiger partial charge in [0.2, 0.25) is 17.7 Å². The van der Waals surface area contributed by atoms with Crippen LogP contribution < -0.4 is 21.7 Å². The zero-order valence-corrected chi connectivity index (χ0v) is 17.3. The number of hydrogen-bond donors (Lipinski definition) is 9. The van der Waals surface area contributed by atoms with E-state index in [2.05, 4.69) is 10.6 Å². The van der Waals surface area contributed by atoms with Crippen molar-refractivity contribution in [3.8, 4) is 0 Å². The molecule has 10 N–H and O–H groups in total. The van der Waals surface area contributed by atoms with Crippen molar-refractivity contribution in [2.75, 3.05) is 0 Å². The summed E-state index contributed by atoms with van der Waals surface area (Å²) in [4.78, 5) is 58.7. The van der Waals surface area contributed by atoms with Crippen molar-refractivity contribution in [2.45, 2.75) is 76.1 Å². The number of rotatable bonds is 13. The predicted octanol–water partition coefficient (Wildman–Crippen LogP) is -4.14. The third-order valence-corrected chi connectivity index (χ3v) is 4.21. The smallest absolute Gasteiger partial charge is 0.326 e. The summed E-state index contributed by atoms with van der Waals surface area (Å²) in [5, 5.41) is 53.0. The highest BCUT2D eigenvalue weighted by atomic mass is 16.4. The number of amides is 3. The summed E-state index contributed by atoms with van der Waals surface area (Å²) in [5.41, 5.74) is 5.46. The third-order valence-electron chi connectivity index (χ3n) is 4.21. The monoisotopic (exact) mass is 450 g/mol. The summed E-state index contributed by atoms with van der Waals surface area (Å²) in [6.45, 7) is 3.51. The number of aliphatic hydroxyl groups excluding tert-OH is 3. The molecule has 0 saturated heterocycles. The van der Waals surface area contributed by atoms with E-state index in [4.69, 9.17) is 15.9 Å². The van der Waals surface area contributed by atoms with Gasteiger partial charge in [-0.3, -0.25) is 19.2 Å². The van der Waals surface area contributed by atoms with Gasteiger partial charge < -0.3 is 47.2 Å². The summed E-state index contributed by atoms with van der Waals surface area (Å²) in [6, 6.07) is -6.31. The largest absolute Gasteiger partial charge is 0.481 e.